The lowest BCUT2D eigenvalue weighted by Crippen LogP contribution is -2.27. The maximum Gasteiger partial charge on any atom is 0.248 e. The maximum absolute atomic E-state index is 13.1. The summed E-state index contributed by atoms with van der Waals surface area (Å²) in [6.07, 6.45) is 0. The second kappa shape index (κ2) is 4.89. The molecule has 0 bridgehead atoms. The molecule has 0 aromatic heterocycles. The van der Waals surface area contributed by atoms with E-state index in [0.717, 1.165) is 22.5 Å². The summed E-state index contributed by atoms with van der Waals surface area (Å²) in [6, 6.07) is 13.8. The third-order valence-electron chi connectivity index (χ3n) is 3.38. The zero-order chi connectivity index (χ0) is 14.1. The average molecular weight is 268 g/mol. The fourth-order valence-corrected chi connectivity index (χ4v) is 2.29. The lowest BCUT2D eigenvalue weighted by Gasteiger charge is -2.17. The molecule has 100 valence electrons. The zero-order valence-corrected chi connectivity index (χ0v) is 11.0. The summed E-state index contributed by atoms with van der Waals surface area (Å²) in [4.78, 5) is 18.0. The molecule has 0 N–H and O–H groups in total. The standard InChI is InChI=1S/C16H13FN2O/c1-19-14-5-3-2-4-13(14)16(18-10-15(19)20)11-6-8-12(17)9-7-11/h2-9H,10H2,1H3. The summed E-state index contributed by atoms with van der Waals surface area (Å²) in [5.74, 6) is -0.348. The highest BCUT2D eigenvalue weighted by molar-refractivity contribution is 6.19. The van der Waals surface area contributed by atoms with Gasteiger partial charge >= 0.3 is 0 Å². The molecule has 0 fully saturated rings. The molecule has 4 heteroatoms. The number of para-hydroxylation sites is 1. The summed E-state index contributed by atoms with van der Waals surface area (Å²) in [7, 11) is 1.74. The van der Waals surface area contributed by atoms with Crippen molar-refractivity contribution in [1.29, 1.82) is 0 Å². The molecule has 2 aromatic carbocycles. The molecule has 3 rings (SSSR count). The van der Waals surface area contributed by atoms with E-state index in [2.05, 4.69) is 4.99 Å². The quantitative estimate of drug-likeness (QED) is 0.782. The number of carbonyl (C=O) groups excluding carboxylic acids is 1. The van der Waals surface area contributed by atoms with E-state index >= 15 is 0 Å². The van der Waals surface area contributed by atoms with Gasteiger partial charge in [0.2, 0.25) is 5.91 Å². The average Bonchev–Trinajstić information content (AvgIpc) is 2.60. The fourth-order valence-electron chi connectivity index (χ4n) is 2.29. The first kappa shape index (κ1) is 12.5. The van der Waals surface area contributed by atoms with Crippen molar-refractivity contribution in [2.45, 2.75) is 0 Å². The number of amides is 1. The lowest BCUT2D eigenvalue weighted by molar-refractivity contribution is -0.116. The molecule has 1 heterocycles. The van der Waals surface area contributed by atoms with Crippen LogP contribution in [0.25, 0.3) is 0 Å². The normalized spacial score (nSPS) is 14.6. The van der Waals surface area contributed by atoms with Crippen LogP contribution in [0.2, 0.25) is 0 Å². The van der Waals surface area contributed by atoms with E-state index in [1.54, 1.807) is 24.1 Å². The summed E-state index contributed by atoms with van der Waals surface area (Å²) in [5.41, 5.74) is 3.23. The summed E-state index contributed by atoms with van der Waals surface area (Å²) in [5, 5.41) is 0. The van der Waals surface area contributed by atoms with Crippen molar-refractivity contribution in [3.05, 3.63) is 65.5 Å². The smallest absolute Gasteiger partial charge is 0.248 e. The Kier molecular flexibility index (Phi) is 3.06. The van der Waals surface area contributed by atoms with Crippen molar-refractivity contribution in [2.24, 2.45) is 4.99 Å². The molecule has 0 spiro atoms. The van der Waals surface area contributed by atoms with Crippen LogP contribution in [0.5, 0.6) is 0 Å². The number of carbonyl (C=O) groups is 1. The monoisotopic (exact) mass is 268 g/mol. The number of nitrogens with zero attached hydrogens (tertiary/aromatic N) is 2. The molecule has 2 aromatic rings. The van der Waals surface area contributed by atoms with Crippen LogP contribution in [0.4, 0.5) is 10.1 Å². The Morgan fingerprint density at radius 2 is 1.80 bits per heavy atom. The fraction of sp³-hybridized carbons (Fsp3) is 0.125. The van der Waals surface area contributed by atoms with Crippen molar-refractivity contribution >= 4 is 17.3 Å². The van der Waals surface area contributed by atoms with Crippen LogP contribution < -0.4 is 4.90 Å². The number of rotatable bonds is 1. The summed E-state index contributed by atoms with van der Waals surface area (Å²) >= 11 is 0. The van der Waals surface area contributed by atoms with Gasteiger partial charge in [-0.15, -0.1) is 0 Å². The number of hydrogen-bond donors (Lipinski definition) is 0. The predicted molar refractivity (Wildman–Crippen MR) is 76.8 cm³/mol. The number of hydrogen-bond acceptors (Lipinski definition) is 2. The highest BCUT2D eigenvalue weighted by Crippen LogP contribution is 2.25. The lowest BCUT2D eigenvalue weighted by atomic mass is 10.0. The van der Waals surface area contributed by atoms with Gasteiger partial charge in [0.15, 0.2) is 0 Å². The van der Waals surface area contributed by atoms with E-state index in [1.165, 1.54) is 12.1 Å². The molecule has 20 heavy (non-hydrogen) atoms. The topological polar surface area (TPSA) is 32.7 Å². The summed E-state index contributed by atoms with van der Waals surface area (Å²) in [6.45, 7) is 0.0951. The Morgan fingerprint density at radius 3 is 2.55 bits per heavy atom. The van der Waals surface area contributed by atoms with Gasteiger partial charge in [-0.2, -0.15) is 0 Å². The van der Waals surface area contributed by atoms with Crippen molar-refractivity contribution in [1.82, 2.24) is 0 Å². The van der Waals surface area contributed by atoms with Crippen molar-refractivity contribution in [3.63, 3.8) is 0 Å². The van der Waals surface area contributed by atoms with Gasteiger partial charge in [0.25, 0.3) is 0 Å². The van der Waals surface area contributed by atoms with E-state index in [-0.39, 0.29) is 18.3 Å². The summed E-state index contributed by atoms with van der Waals surface area (Å²) < 4.78 is 13.1. The van der Waals surface area contributed by atoms with Gasteiger partial charge in [0.1, 0.15) is 12.4 Å². The van der Waals surface area contributed by atoms with Crippen molar-refractivity contribution in [2.75, 3.05) is 18.5 Å². The van der Waals surface area contributed by atoms with Crippen LogP contribution in [-0.4, -0.2) is 25.2 Å². The number of benzodiazepines with no additional fused rings is 1. The molecule has 3 nitrogen and oxygen atoms in total. The van der Waals surface area contributed by atoms with Crippen molar-refractivity contribution < 1.29 is 9.18 Å². The SMILES string of the molecule is CN1C(=O)CN=C(c2ccc(F)cc2)c2ccccc21. The minimum absolute atomic E-state index is 0.0606. The molecular weight excluding hydrogens is 255 g/mol. The molecule has 0 saturated carbocycles. The Labute approximate surface area is 116 Å². The van der Waals surface area contributed by atoms with E-state index in [4.69, 9.17) is 0 Å². The van der Waals surface area contributed by atoms with Gasteiger partial charge in [-0.1, -0.05) is 18.2 Å². The van der Waals surface area contributed by atoms with Gasteiger partial charge in [-0.25, -0.2) is 4.39 Å². The third kappa shape index (κ3) is 2.09. The van der Waals surface area contributed by atoms with E-state index in [9.17, 15) is 9.18 Å². The molecule has 0 unspecified atom stereocenters. The number of aliphatic imine (C=N–C) groups is 1. The first-order valence-corrected chi connectivity index (χ1v) is 6.33. The van der Waals surface area contributed by atoms with Crippen LogP contribution in [-0.2, 0) is 4.79 Å². The minimum Gasteiger partial charge on any atom is -0.313 e. The Hall–Kier alpha value is -2.49. The highest BCUT2D eigenvalue weighted by Gasteiger charge is 2.21. The van der Waals surface area contributed by atoms with E-state index in [1.807, 2.05) is 24.3 Å². The number of fused-ring (bicyclic) bond motifs is 1. The van der Waals surface area contributed by atoms with Crippen LogP contribution in [0.15, 0.2) is 53.5 Å². The Bertz CT molecular complexity index is 692. The molecule has 0 aliphatic carbocycles. The zero-order valence-electron chi connectivity index (χ0n) is 11.0. The molecule has 0 radical (unpaired) electrons. The molecule has 1 aliphatic rings. The van der Waals surface area contributed by atoms with Gasteiger partial charge in [-0.3, -0.25) is 9.79 Å². The first-order valence-electron chi connectivity index (χ1n) is 6.33. The molecular formula is C16H13FN2O. The second-order valence-electron chi connectivity index (χ2n) is 4.64. The van der Waals surface area contributed by atoms with Crippen LogP contribution in [0.3, 0.4) is 0 Å². The third-order valence-corrected chi connectivity index (χ3v) is 3.38. The predicted octanol–water partition coefficient (Wildman–Crippen LogP) is 2.64. The highest BCUT2D eigenvalue weighted by atomic mass is 19.1. The molecule has 0 atom stereocenters. The number of likely N-dealkylation sites (N-methyl/N-ethyl adjacent to an activating group) is 1. The van der Waals surface area contributed by atoms with Crippen molar-refractivity contribution in [3.8, 4) is 0 Å². The first-order chi connectivity index (χ1) is 9.66. The minimum atomic E-state index is -0.288. The van der Waals surface area contributed by atoms with Crippen LogP contribution >= 0.6 is 0 Å². The van der Waals surface area contributed by atoms with Gasteiger partial charge in [-0.05, 0) is 30.3 Å². The van der Waals surface area contributed by atoms with Crippen LogP contribution in [0, 0.1) is 5.82 Å². The largest absolute Gasteiger partial charge is 0.313 e. The van der Waals surface area contributed by atoms with Gasteiger partial charge < -0.3 is 4.90 Å². The van der Waals surface area contributed by atoms with Crippen LogP contribution in [0.1, 0.15) is 11.1 Å². The van der Waals surface area contributed by atoms with E-state index in [0.29, 0.717) is 0 Å². The van der Waals surface area contributed by atoms with Gasteiger partial charge in [0, 0.05) is 18.2 Å². The number of halogens is 1. The number of benzene rings is 2. The molecule has 1 aliphatic heterocycles. The Balaban J connectivity index is 2.17. The van der Waals surface area contributed by atoms with E-state index < -0.39 is 0 Å². The molecule has 1 amide bonds. The number of anilines is 1. The molecule has 0 saturated heterocycles. The second-order valence-corrected chi connectivity index (χ2v) is 4.64. The Morgan fingerprint density at radius 1 is 1.10 bits per heavy atom. The van der Waals surface area contributed by atoms with Gasteiger partial charge in [0.05, 0.1) is 11.4 Å². The maximum atomic E-state index is 13.1.